The number of phenolic OH excluding ortho intramolecular Hbond substituents is 1. The number of hydrogen-bond donors (Lipinski definition) is 1. The Bertz CT molecular complexity index is 314. The molecule has 0 saturated carbocycles. The third kappa shape index (κ3) is 1.88. The Hall–Kier alpha value is -1.23. The topological polar surface area (TPSA) is 63.4 Å². The van der Waals surface area contributed by atoms with Crippen LogP contribution in [0.4, 0.5) is 5.69 Å². The number of hydrogen-bond acceptors (Lipinski definition) is 4. The van der Waals surface area contributed by atoms with E-state index in [-0.39, 0.29) is 11.4 Å². The van der Waals surface area contributed by atoms with Gasteiger partial charge in [0, 0.05) is 11.0 Å². The van der Waals surface area contributed by atoms with Crippen LogP contribution in [0.25, 0.3) is 0 Å². The van der Waals surface area contributed by atoms with Crippen molar-refractivity contribution in [2.45, 2.75) is 4.90 Å². The third-order valence-corrected chi connectivity index (χ3v) is 2.03. The molecule has 0 saturated heterocycles. The first-order chi connectivity index (χ1) is 5.63. The van der Waals surface area contributed by atoms with Crippen molar-refractivity contribution in [1.82, 2.24) is 0 Å². The van der Waals surface area contributed by atoms with E-state index < -0.39 is 4.92 Å². The van der Waals surface area contributed by atoms with E-state index >= 15 is 0 Å². The summed E-state index contributed by atoms with van der Waals surface area (Å²) in [6.45, 7) is 0. The second kappa shape index (κ2) is 3.44. The Morgan fingerprint density at radius 2 is 2.17 bits per heavy atom. The quantitative estimate of drug-likeness (QED) is 0.435. The van der Waals surface area contributed by atoms with Crippen molar-refractivity contribution in [1.29, 1.82) is 0 Å². The molecule has 0 aliphatic rings. The Kier molecular flexibility index (Phi) is 2.54. The van der Waals surface area contributed by atoms with Crippen molar-refractivity contribution in [3.63, 3.8) is 0 Å². The first kappa shape index (κ1) is 8.86. The minimum Gasteiger partial charge on any atom is -0.508 e. The Labute approximate surface area is 73.4 Å². The number of nitro benzene ring substituents is 1. The summed E-state index contributed by atoms with van der Waals surface area (Å²) >= 11 is 1.35. The predicted octanol–water partition coefficient (Wildman–Crippen LogP) is 2.02. The van der Waals surface area contributed by atoms with Gasteiger partial charge in [0.2, 0.25) is 0 Å². The third-order valence-electron chi connectivity index (χ3n) is 1.32. The zero-order chi connectivity index (χ0) is 9.14. The fourth-order valence-corrected chi connectivity index (χ4v) is 1.27. The summed E-state index contributed by atoms with van der Waals surface area (Å²) < 4.78 is 0. The molecule has 0 amide bonds. The number of thioether (sulfide) groups is 1. The molecule has 0 atom stereocenters. The average molecular weight is 185 g/mol. The van der Waals surface area contributed by atoms with E-state index in [9.17, 15) is 10.1 Å². The fourth-order valence-electron chi connectivity index (χ4n) is 0.791. The highest BCUT2D eigenvalue weighted by Gasteiger charge is 2.08. The average Bonchev–Trinajstić information content (AvgIpc) is 2.03. The molecule has 0 unspecified atom stereocenters. The molecule has 0 aliphatic carbocycles. The molecule has 0 spiro atoms. The van der Waals surface area contributed by atoms with Crippen LogP contribution < -0.4 is 0 Å². The molecule has 0 aromatic heterocycles. The maximum Gasteiger partial charge on any atom is 0.274 e. The van der Waals surface area contributed by atoms with Gasteiger partial charge in [0.25, 0.3) is 5.69 Å². The normalized spacial score (nSPS) is 9.75. The van der Waals surface area contributed by atoms with Gasteiger partial charge in [-0.05, 0) is 12.3 Å². The van der Waals surface area contributed by atoms with Gasteiger partial charge in [-0.1, -0.05) is 0 Å². The molecular weight excluding hydrogens is 178 g/mol. The van der Waals surface area contributed by atoms with Crippen LogP contribution in [0.3, 0.4) is 0 Å². The maximum absolute atomic E-state index is 10.3. The van der Waals surface area contributed by atoms with Gasteiger partial charge in [-0.3, -0.25) is 10.1 Å². The van der Waals surface area contributed by atoms with Crippen LogP contribution in [0.1, 0.15) is 0 Å². The molecule has 0 fully saturated rings. The first-order valence-electron chi connectivity index (χ1n) is 3.16. The monoisotopic (exact) mass is 185 g/mol. The van der Waals surface area contributed by atoms with E-state index in [1.807, 2.05) is 0 Å². The summed E-state index contributed by atoms with van der Waals surface area (Å²) in [5.41, 5.74) is -0.0839. The van der Waals surface area contributed by atoms with Crippen molar-refractivity contribution in [2.75, 3.05) is 6.26 Å². The van der Waals surface area contributed by atoms with E-state index in [1.54, 1.807) is 6.26 Å². The van der Waals surface area contributed by atoms with Crippen LogP contribution in [-0.2, 0) is 0 Å². The standard InChI is InChI=1S/C7H7NO3S/c1-12-7-3-5(8(10)11)2-6(9)4-7/h2-4,9H,1H3. The Balaban J connectivity index is 3.15. The summed E-state index contributed by atoms with van der Waals surface area (Å²) in [5, 5.41) is 19.4. The first-order valence-corrected chi connectivity index (χ1v) is 4.38. The molecular formula is C7H7NO3S. The van der Waals surface area contributed by atoms with Crippen molar-refractivity contribution in [3.8, 4) is 5.75 Å². The Morgan fingerprint density at radius 1 is 1.50 bits per heavy atom. The lowest BCUT2D eigenvalue weighted by atomic mass is 10.3. The zero-order valence-corrected chi connectivity index (χ0v) is 7.17. The van der Waals surface area contributed by atoms with Gasteiger partial charge in [-0.15, -0.1) is 11.8 Å². The summed E-state index contributed by atoms with van der Waals surface area (Å²) in [5.74, 6) is -0.0754. The second-order valence-corrected chi connectivity index (χ2v) is 3.03. The predicted molar refractivity (Wildman–Crippen MR) is 46.5 cm³/mol. The van der Waals surface area contributed by atoms with Gasteiger partial charge in [0.15, 0.2) is 0 Å². The van der Waals surface area contributed by atoms with E-state index in [4.69, 9.17) is 5.11 Å². The summed E-state index contributed by atoms with van der Waals surface area (Å²) in [6, 6.07) is 4.03. The molecule has 1 N–H and O–H groups in total. The highest BCUT2D eigenvalue weighted by Crippen LogP contribution is 2.26. The molecule has 1 aromatic carbocycles. The molecule has 5 heteroatoms. The number of rotatable bonds is 2. The summed E-state index contributed by atoms with van der Waals surface area (Å²) in [7, 11) is 0. The van der Waals surface area contributed by atoms with Crippen LogP contribution in [0, 0.1) is 10.1 Å². The minimum atomic E-state index is -0.528. The van der Waals surface area contributed by atoms with Gasteiger partial charge in [0.05, 0.1) is 11.0 Å². The number of phenols is 1. The molecule has 0 bridgehead atoms. The van der Waals surface area contributed by atoms with Gasteiger partial charge >= 0.3 is 0 Å². The van der Waals surface area contributed by atoms with Gasteiger partial charge in [-0.2, -0.15) is 0 Å². The van der Waals surface area contributed by atoms with E-state index in [2.05, 4.69) is 0 Å². The van der Waals surface area contributed by atoms with Crippen LogP contribution in [-0.4, -0.2) is 16.3 Å². The van der Waals surface area contributed by atoms with Crippen molar-refractivity contribution >= 4 is 17.4 Å². The summed E-state index contributed by atoms with van der Waals surface area (Å²) in [4.78, 5) is 10.5. The number of nitrogens with zero attached hydrogens (tertiary/aromatic N) is 1. The molecule has 0 heterocycles. The van der Waals surface area contributed by atoms with Crippen LogP contribution >= 0.6 is 11.8 Å². The summed E-state index contributed by atoms with van der Waals surface area (Å²) in [6.07, 6.45) is 1.79. The highest BCUT2D eigenvalue weighted by atomic mass is 32.2. The van der Waals surface area contributed by atoms with Gasteiger partial charge in [0.1, 0.15) is 5.75 Å². The van der Waals surface area contributed by atoms with E-state index in [0.29, 0.717) is 4.90 Å². The lowest BCUT2D eigenvalue weighted by molar-refractivity contribution is -0.385. The molecule has 1 aromatic rings. The SMILES string of the molecule is CSc1cc(O)cc([N+](=O)[O-])c1. The lowest BCUT2D eigenvalue weighted by Gasteiger charge is -1.97. The van der Waals surface area contributed by atoms with Crippen LogP contribution in [0.5, 0.6) is 5.75 Å². The maximum atomic E-state index is 10.3. The molecule has 0 radical (unpaired) electrons. The minimum absolute atomic E-state index is 0.0754. The van der Waals surface area contributed by atoms with E-state index in [1.165, 1.54) is 23.9 Å². The number of non-ortho nitro benzene ring substituents is 1. The smallest absolute Gasteiger partial charge is 0.274 e. The lowest BCUT2D eigenvalue weighted by Crippen LogP contribution is -1.87. The number of benzene rings is 1. The molecule has 4 nitrogen and oxygen atoms in total. The van der Waals surface area contributed by atoms with Crippen LogP contribution in [0.15, 0.2) is 23.1 Å². The zero-order valence-electron chi connectivity index (χ0n) is 6.35. The number of nitro groups is 1. The van der Waals surface area contributed by atoms with Crippen molar-refractivity contribution in [2.24, 2.45) is 0 Å². The largest absolute Gasteiger partial charge is 0.508 e. The van der Waals surface area contributed by atoms with Crippen LogP contribution in [0.2, 0.25) is 0 Å². The molecule has 0 aliphatic heterocycles. The highest BCUT2D eigenvalue weighted by molar-refractivity contribution is 7.98. The second-order valence-electron chi connectivity index (χ2n) is 2.15. The van der Waals surface area contributed by atoms with Crippen molar-refractivity contribution in [3.05, 3.63) is 28.3 Å². The van der Waals surface area contributed by atoms with E-state index in [0.717, 1.165) is 6.07 Å². The van der Waals surface area contributed by atoms with Gasteiger partial charge < -0.3 is 5.11 Å². The van der Waals surface area contributed by atoms with Crippen molar-refractivity contribution < 1.29 is 10.0 Å². The fraction of sp³-hybridized carbons (Fsp3) is 0.143. The number of aromatic hydroxyl groups is 1. The molecule has 12 heavy (non-hydrogen) atoms. The molecule has 1 rings (SSSR count). The Morgan fingerprint density at radius 3 is 2.67 bits per heavy atom. The van der Waals surface area contributed by atoms with Gasteiger partial charge in [-0.25, -0.2) is 0 Å². The molecule has 64 valence electrons.